The molecule has 2 aromatic rings. The highest BCUT2D eigenvalue weighted by Crippen LogP contribution is 2.44. The van der Waals surface area contributed by atoms with Crippen molar-refractivity contribution in [1.29, 1.82) is 0 Å². The molecule has 0 radical (unpaired) electrons. The van der Waals surface area contributed by atoms with E-state index in [2.05, 4.69) is 90.6 Å². The van der Waals surface area contributed by atoms with Crippen molar-refractivity contribution in [2.24, 2.45) is 17.6 Å². The van der Waals surface area contributed by atoms with E-state index in [-0.39, 0.29) is 0 Å². The highest BCUT2D eigenvalue weighted by Gasteiger charge is 2.42. The van der Waals surface area contributed by atoms with E-state index >= 15 is 0 Å². The Bertz CT molecular complexity index is 1320. The number of hydrogen-bond acceptors (Lipinski definition) is 5. The zero-order chi connectivity index (χ0) is 30.6. The van der Waals surface area contributed by atoms with Crippen molar-refractivity contribution >= 4 is 11.4 Å². The quantitative estimate of drug-likeness (QED) is 0.290. The van der Waals surface area contributed by atoms with Crippen molar-refractivity contribution in [3.63, 3.8) is 0 Å². The third-order valence-corrected chi connectivity index (χ3v) is 11.0. The lowest BCUT2D eigenvalue weighted by Gasteiger charge is -2.51. The van der Waals surface area contributed by atoms with E-state index in [1.54, 1.807) is 0 Å². The standard InChI is InChI=1S/C39H56N4O/c1-5-7-12-37(42-21-20-41-19-9-8-11-34(41)26-42)36-17-14-32(36)24-43-25-33(35-16-13-28(3)22-31(35)10-6-2)27-44-39-18-15-30(29(4)40)23-38(39)43/h7,12-13,15-16,18,22-23,32-34,36-37H,4-6,8-11,14,17,19-21,24-27,40H2,1-3H3/b12-7+. The molecule has 5 heteroatoms. The first-order valence-corrected chi connectivity index (χ1v) is 17.7. The van der Waals surface area contributed by atoms with Crippen molar-refractivity contribution in [1.82, 2.24) is 9.80 Å². The molecular weight excluding hydrogens is 540 g/mol. The molecule has 0 spiro atoms. The number of nitrogens with zero attached hydrogens (tertiary/aromatic N) is 3. The van der Waals surface area contributed by atoms with Gasteiger partial charge in [-0.2, -0.15) is 0 Å². The largest absolute Gasteiger partial charge is 0.491 e. The Kier molecular flexibility index (Phi) is 10.0. The summed E-state index contributed by atoms with van der Waals surface area (Å²) >= 11 is 0. The molecule has 6 rings (SSSR count). The van der Waals surface area contributed by atoms with Crippen molar-refractivity contribution in [2.75, 3.05) is 50.8 Å². The topological polar surface area (TPSA) is 45.0 Å². The number of rotatable bonds is 10. The van der Waals surface area contributed by atoms with Gasteiger partial charge in [-0.15, -0.1) is 0 Å². The zero-order valence-electron chi connectivity index (χ0n) is 27.6. The molecule has 5 unspecified atom stereocenters. The monoisotopic (exact) mass is 596 g/mol. The minimum absolute atomic E-state index is 0.322. The number of anilines is 1. The maximum atomic E-state index is 6.61. The molecule has 2 aromatic carbocycles. The molecule has 0 aromatic heterocycles. The van der Waals surface area contributed by atoms with Crippen LogP contribution in [0.15, 0.2) is 55.1 Å². The highest BCUT2D eigenvalue weighted by atomic mass is 16.5. The van der Waals surface area contributed by atoms with E-state index in [0.29, 0.717) is 36.1 Å². The lowest BCUT2D eigenvalue weighted by molar-refractivity contribution is -0.00143. The van der Waals surface area contributed by atoms with Crippen LogP contribution in [0.1, 0.15) is 87.0 Å². The normalized spacial score (nSPS) is 26.8. The Morgan fingerprint density at radius 1 is 1.05 bits per heavy atom. The van der Waals surface area contributed by atoms with Gasteiger partial charge >= 0.3 is 0 Å². The maximum Gasteiger partial charge on any atom is 0.142 e. The van der Waals surface area contributed by atoms with Crippen LogP contribution in [0.5, 0.6) is 5.75 Å². The van der Waals surface area contributed by atoms with Gasteiger partial charge in [-0.1, -0.05) is 69.2 Å². The highest BCUT2D eigenvalue weighted by molar-refractivity contribution is 5.70. The fraction of sp³-hybridized carbons (Fsp3) is 0.590. The Morgan fingerprint density at radius 3 is 2.70 bits per heavy atom. The SMILES string of the molecule is C=C(N)c1ccc2c(c1)N(CC1CCC1C(/C=C/CC)N1CCN3CCCCC3C1)CC(c1ccc(C)cc1CCC)CO2. The number of fused-ring (bicyclic) bond motifs is 2. The molecule has 0 bridgehead atoms. The molecule has 0 amide bonds. The average molecular weight is 597 g/mol. The molecule has 44 heavy (non-hydrogen) atoms. The minimum atomic E-state index is 0.322. The Labute approximate surface area is 267 Å². The van der Waals surface area contributed by atoms with Gasteiger partial charge in [0.15, 0.2) is 0 Å². The lowest BCUT2D eigenvalue weighted by atomic mass is 9.68. The number of piperidine rings is 1. The van der Waals surface area contributed by atoms with Crippen LogP contribution in [0.4, 0.5) is 5.69 Å². The Hall–Kier alpha value is -2.76. The number of piperazine rings is 1. The molecule has 3 fully saturated rings. The summed E-state index contributed by atoms with van der Waals surface area (Å²) in [6, 6.07) is 14.8. The average Bonchev–Trinajstić information content (AvgIpc) is 3.20. The Morgan fingerprint density at radius 2 is 1.93 bits per heavy atom. The zero-order valence-corrected chi connectivity index (χ0v) is 27.6. The van der Waals surface area contributed by atoms with Crippen LogP contribution >= 0.6 is 0 Å². The molecule has 5 nitrogen and oxygen atoms in total. The van der Waals surface area contributed by atoms with Crippen LogP contribution in [0.2, 0.25) is 0 Å². The summed E-state index contributed by atoms with van der Waals surface area (Å²) in [5.41, 5.74) is 13.3. The number of allylic oxidation sites excluding steroid dienone is 1. The van der Waals surface area contributed by atoms with Gasteiger partial charge in [0.2, 0.25) is 0 Å². The maximum absolute atomic E-state index is 6.61. The summed E-state index contributed by atoms with van der Waals surface area (Å²) in [7, 11) is 0. The molecule has 1 aliphatic carbocycles. The number of ether oxygens (including phenoxy) is 1. The molecule has 1 saturated carbocycles. The predicted molar refractivity (Wildman–Crippen MR) is 186 cm³/mol. The predicted octanol–water partition coefficient (Wildman–Crippen LogP) is 7.39. The summed E-state index contributed by atoms with van der Waals surface area (Å²) in [4.78, 5) is 8.29. The fourth-order valence-corrected chi connectivity index (χ4v) is 8.49. The summed E-state index contributed by atoms with van der Waals surface area (Å²) in [5.74, 6) is 2.66. The first kappa shape index (κ1) is 31.2. The third-order valence-electron chi connectivity index (χ3n) is 11.0. The second-order valence-electron chi connectivity index (χ2n) is 14.1. The van der Waals surface area contributed by atoms with E-state index in [0.717, 1.165) is 49.7 Å². The molecule has 2 N–H and O–H groups in total. The fourth-order valence-electron chi connectivity index (χ4n) is 8.49. The van der Waals surface area contributed by atoms with Gasteiger partial charge in [0, 0.05) is 56.4 Å². The van der Waals surface area contributed by atoms with E-state index in [1.165, 1.54) is 80.7 Å². The van der Waals surface area contributed by atoms with Crippen LogP contribution < -0.4 is 15.4 Å². The van der Waals surface area contributed by atoms with Gasteiger partial charge in [0.25, 0.3) is 0 Å². The molecule has 4 aliphatic rings. The summed E-state index contributed by atoms with van der Waals surface area (Å²) in [5, 5.41) is 0. The first-order chi connectivity index (χ1) is 21.4. The van der Waals surface area contributed by atoms with Crippen molar-refractivity contribution in [2.45, 2.75) is 90.1 Å². The second kappa shape index (κ2) is 14.1. The van der Waals surface area contributed by atoms with Gasteiger partial charge in [-0.05, 0) is 98.7 Å². The Balaban J connectivity index is 1.27. The van der Waals surface area contributed by atoms with Gasteiger partial charge < -0.3 is 15.4 Å². The van der Waals surface area contributed by atoms with E-state index in [1.807, 2.05) is 0 Å². The van der Waals surface area contributed by atoms with Crippen LogP contribution in [0, 0.1) is 18.8 Å². The van der Waals surface area contributed by atoms with E-state index < -0.39 is 0 Å². The smallest absolute Gasteiger partial charge is 0.142 e. The van der Waals surface area contributed by atoms with Crippen LogP contribution in [0.25, 0.3) is 5.70 Å². The van der Waals surface area contributed by atoms with Crippen molar-refractivity contribution < 1.29 is 4.74 Å². The number of nitrogens with two attached hydrogens (primary N) is 1. The summed E-state index contributed by atoms with van der Waals surface area (Å²) < 4.78 is 6.61. The molecule has 3 aliphatic heterocycles. The van der Waals surface area contributed by atoms with Gasteiger partial charge in [0.05, 0.1) is 12.3 Å². The second-order valence-corrected chi connectivity index (χ2v) is 14.1. The first-order valence-electron chi connectivity index (χ1n) is 17.7. The lowest BCUT2D eigenvalue weighted by Crippen LogP contribution is -2.59. The van der Waals surface area contributed by atoms with Gasteiger partial charge in [-0.25, -0.2) is 0 Å². The molecule has 5 atom stereocenters. The molecule has 3 heterocycles. The molecule has 2 saturated heterocycles. The minimum Gasteiger partial charge on any atom is -0.491 e. The third kappa shape index (κ3) is 6.74. The van der Waals surface area contributed by atoms with E-state index in [4.69, 9.17) is 10.5 Å². The van der Waals surface area contributed by atoms with Gasteiger partial charge in [0.1, 0.15) is 5.75 Å². The van der Waals surface area contributed by atoms with Gasteiger partial charge in [-0.3, -0.25) is 9.80 Å². The molecule has 238 valence electrons. The number of hydrogen-bond donors (Lipinski definition) is 1. The number of benzene rings is 2. The van der Waals surface area contributed by atoms with Crippen molar-refractivity contribution in [3.05, 3.63) is 77.4 Å². The van der Waals surface area contributed by atoms with Crippen LogP contribution in [-0.4, -0.2) is 67.8 Å². The molecular formula is C39H56N4O. The number of aryl methyl sites for hydroxylation is 2. The summed E-state index contributed by atoms with van der Waals surface area (Å²) in [6.07, 6.45) is 15.2. The van der Waals surface area contributed by atoms with Crippen LogP contribution in [0.3, 0.4) is 0 Å². The van der Waals surface area contributed by atoms with Crippen molar-refractivity contribution in [3.8, 4) is 5.75 Å². The van der Waals surface area contributed by atoms with Crippen LogP contribution in [-0.2, 0) is 6.42 Å². The summed E-state index contributed by atoms with van der Waals surface area (Å²) in [6.45, 7) is 18.5. The van der Waals surface area contributed by atoms with E-state index in [9.17, 15) is 0 Å².